The van der Waals surface area contributed by atoms with Crippen molar-refractivity contribution in [1.29, 1.82) is 0 Å². The van der Waals surface area contributed by atoms with Crippen molar-refractivity contribution in [2.24, 2.45) is 0 Å². The predicted octanol–water partition coefficient (Wildman–Crippen LogP) is 1.79. The van der Waals surface area contributed by atoms with Crippen molar-refractivity contribution in [2.45, 2.75) is 6.92 Å². The molecule has 0 aromatic carbocycles. The van der Waals surface area contributed by atoms with Gasteiger partial charge in [-0.15, -0.1) is 0 Å². The smallest absolute Gasteiger partial charge is 0.213 e. The van der Waals surface area contributed by atoms with E-state index in [-0.39, 0.29) is 0 Å². The van der Waals surface area contributed by atoms with E-state index < -0.39 is 0 Å². The Hall–Kier alpha value is -1.84. The van der Waals surface area contributed by atoms with Gasteiger partial charge in [-0.3, -0.25) is 0 Å². The molecule has 0 spiro atoms. The third-order valence-corrected chi connectivity index (χ3v) is 1.92. The molecule has 14 heavy (non-hydrogen) atoms. The first-order valence-corrected chi connectivity index (χ1v) is 4.31. The number of aryl methyl sites for hydroxylation is 1. The Balaban J connectivity index is 2.41. The molecule has 0 aliphatic heterocycles. The number of nitrogens with zero attached hydrogens (tertiary/aromatic N) is 2. The van der Waals surface area contributed by atoms with Gasteiger partial charge in [0.2, 0.25) is 5.88 Å². The molecule has 0 bridgehead atoms. The number of hydrogen-bond donors (Lipinski definition) is 1. The maximum atomic E-state index is 5.03. The molecular formula is C10H11N3O. The third-order valence-electron chi connectivity index (χ3n) is 1.92. The molecule has 0 radical (unpaired) electrons. The number of rotatable bonds is 2. The highest BCUT2D eigenvalue weighted by Crippen LogP contribution is 2.18. The van der Waals surface area contributed by atoms with Crippen LogP contribution in [0, 0.1) is 6.92 Å². The van der Waals surface area contributed by atoms with E-state index in [2.05, 4.69) is 15.0 Å². The van der Waals surface area contributed by atoms with Crippen molar-refractivity contribution in [1.82, 2.24) is 15.0 Å². The lowest BCUT2D eigenvalue weighted by Gasteiger charge is -2.00. The topological polar surface area (TPSA) is 50.8 Å². The summed E-state index contributed by atoms with van der Waals surface area (Å²) in [4.78, 5) is 11.4. The third kappa shape index (κ3) is 1.59. The number of methoxy groups -OCH3 is 1. The van der Waals surface area contributed by atoms with E-state index in [1.54, 1.807) is 19.5 Å². The Labute approximate surface area is 82.0 Å². The summed E-state index contributed by atoms with van der Waals surface area (Å²) < 4.78 is 5.03. The van der Waals surface area contributed by atoms with Crippen LogP contribution in [0.15, 0.2) is 24.5 Å². The summed E-state index contributed by atoms with van der Waals surface area (Å²) in [6.45, 7) is 1.97. The molecule has 72 valence electrons. The monoisotopic (exact) mass is 189 g/mol. The van der Waals surface area contributed by atoms with Crippen LogP contribution in [0.25, 0.3) is 11.4 Å². The minimum Gasteiger partial charge on any atom is -0.481 e. The fourth-order valence-corrected chi connectivity index (χ4v) is 1.23. The van der Waals surface area contributed by atoms with Gasteiger partial charge in [-0.25, -0.2) is 9.97 Å². The van der Waals surface area contributed by atoms with Gasteiger partial charge >= 0.3 is 0 Å². The molecule has 2 heterocycles. The molecule has 0 unspecified atom stereocenters. The van der Waals surface area contributed by atoms with Gasteiger partial charge in [0, 0.05) is 29.7 Å². The van der Waals surface area contributed by atoms with Gasteiger partial charge in [0.15, 0.2) is 0 Å². The van der Waals surface area contributed by atoms with Gasteiger partial charge in [-0.1, -0.05) is 0 Å². The van der Waals surface area contributed by atoms with E-state index in [4.69, 9.17) is 4.74 Å². The van der Waals surface area contributed by atoms with E-state index in [0.717, 1.165) is 17.1 Å². The first kappa shape index (κ1) is 8.74. The van der Waals surface area contributed by atoms with Crippen LogP contribution in [-0.4, -0.2) is 22.1 Å². The van der Waals surface area contributed by atoms with Gasteiger partial charge in [-0.05, 0) is 13.0 Å². The van der Waals surface area contributed by atoms with Crippen molar-refractivity contribution >= 4 is 0 Å². The predicted molar refractivity (Wildman–Crippen MR) is 53.1 cm³/mol. The maximum Gasteiger partial charge on any atom is 0.213 e. The molecular weight excluding hydrogens is 178 g/mol. The van der Waals surface area contributed by atoms with Crippen LogP contribution in [0.5, 0.6) is 5.88 Å². The van der Waals surface area contributed by atoms with Crippen LogP contribution in [0.1, 0.15) is 5.69 Å². The summed E-state index contributed by atoms with van der Waals surface area (Å²) in [5, 5.41) is 0. The lowest BCUT2D eigenvalue weighted by molar-refractivity contribution is 0.398. The molecule has 0 aliphatic carbocycles. The fraction of sp³-hybridized carbons (Fsp3) is 0.200. The highest BCUT2D eigenvalue weighted by Gasteiger charge is 2.02. The molecule has 0 saturated carbocycles. The highest BCUT2D eigenvalue weighted by molar-refractivity contribution is 5.55. The summed E-state index contributed by atoms with van der Waals surface area (Å²) in [6.07, 6.45) is 3.49. The summed E-state index contributed by atoms with van der Waals surface area (Å²) in [5.41, 5.74) is 2.01. The molecule has 0 saturated heterocycles. The standard InChI is InChI=1S/C10H11N3O/c1-7-6-12-10(13-7)8-3-4-11-9(5-8)14-2/h3-6H,1-2H3,(H,12,13). The van der Waals surface area contributed by atoms with Gasteiger partial charge < -0.3 is 9.72 Å². The number of hydrogen-bond acceptors (Lipinski definition) is 3. The van der Waals surface area contributed by atoms with E-state index in [1.807, 2.05) is 19.1 Å². The minimum absolute atomic E-state index is 0.594. The van der Waals surface area contributed by atoms with Crippen molar-refractivity contribution in [3.8, 4) is 17.3 Å². The zero-order valence-electron chi connectivity index (χ0n) is 8.11. The maximum absolute atomic E-state index is 5.03. The van der Waals surface area contributed by atoms with Gasteiger partial charge in [0.05, 0.1) is 7.11 Å². The number of pyridine rings is 1. The van der Waals surface area contributed by atoms with Crippen molar-refractivity contribution in [2.75, 3.05) is 7.11 Å². The lowest BCUT2D eigenvalue weighted by atomic mass is 10.2. The van der Waals surface area contributed by atoms with E-state index in [1.165, 1.54) is 0 Å². The molecule has 0 fully saturated rings. The number of ether oxygens (including phenoxy) is 1. The Bertz CT molecular complexity index is 436. The van der Waals surface area contributed by atoms with Gasteiger partial charge in [0.25, 0.3) is 0 Å². The second kappa shape index (κ2) is 3.49. The van der Waals surface area contributed by atoms with Crippen LogP contribution >= 0.6 is 0 Å². The number of aromatic nitrogens is 3. The average molecular weight is 189 g/mol. The quantitative estimate of drug-likeness (QED) is 0.783. The van der Waals surface area contributed by atoms with Crippen molar-refractivity contribution in [3.63, 3.8) is 0 Å². The molecule has 2 aromatic heterocycles. The normalized spacial score (nSPS) is 10.1. The largest absolute Gasteiger partial charge is 0.481 e. The molecule has 2 rings (SSSR count). The van der Waals surface area contributed by atoms with E-state index in [0.29, 0.717) is 5.88 Å². The van der Waals surface area contributed by atoms with Gasteiger partial charge in [-0.2, -0.15) is 0 Å². The molecule has 1 N–H and O–H groups in total. The first-order chi connectivity index (χ1) is 6.79. The molecule has 4 heteroatoms. The Kier molecular flexibility index (Phi) is 2.18. The van der Waals surface area contributed by atoms with Crippen LogP contribution < -0.4 is 4.74 Å². The van der Waals surface area contributed by atoms with Crippen LogP contribution in [0.3, 0.4) is 0 Å². The minimum atomic E-state index is 0.594. The first-order valence-electron chi connectivity index (χ1n) is 4.31. The number of H-pyrrole nitrogens is 1. The Morgan fingerprint density at radius 1 is 1.36 bits per heavy atom. The summed E-state index contributed by atoms with van der Waals surface area (Å²) in [6, 6.07) is 3.74. The molecule has 0 aliphatic rings. The summed E-state index contributed by atoms with van der Waals surface area (Å²) in [5.74, 6) is 1.43. The van der Waals surface area contributed by atoms with Crippen LogP contribution in [0.4, 0.5) is 0 Å². The van der Waals surface area contributed by atoms with Crippen molar-refractivity contribution < 1.29 is 4.74 Å². The number of nitrogens with one attached hydrogen (secondary N) is 1. The van der Waals surface area contributed by atoms with E-state index >= 15 is 0 Å². The van der Waals surface area contributed by atoms with E-state index in [9.17, 15) is 0 Å². The molecule has 0 amide bonds. The molecule has 4 nitrogen and oxygen atoms in total. The Morgan fingerprint density at radius 2 is 2.21 bits per heavy atom. The lowest BCUT2D eigenvalue weighted by Crippen LogP contribution is -1.88. The van der Waals surface area contributed by atoms with Crippen LogP contribution in [0.2, 0.25) is 0 Å². The molecule has 2 aromatic rings. The van der Waals surface area contributed by atoms with Crippen molar-refractivity contribution in [3.05, 3.63) is 30.2 Å². The van der Waals surface area contributed by atoms with Gasteiger partial charge in [0.1, 0.15) is 5.82 Å². The summed E-state index contributed by atoms with van der Waals surface area (Å²) >= 11 is 0. The summed E-state index contributed by atoms with van der Waals surface area (Å²) in [7, 11) is 1.60. The zero-order chi connectivity index (χ0) is 9.97. The molecule has 0 atom stereocenters. The SMILES string of the molecule is COc1cc(-c2ncc(C)[nH]2)ccn1. The average Bonchev–Trinajstić information content (AvgIpc) is 2.65. The second-order valence-electron chi connectivity index (χ2n) is 3.00. The fourth-order valence-electron chi connectivity index (χ4n) is 1.23. The number of imidazole rings is 1. The Morgan fingerprint density at radius 3 is 2.86 bits per heavy atom. The zero-order valence-corrected chi connectivity index (χ0v) is 8.11. The highest BCUT2D eigenvalue weighted by atomic mass is 16.5. The van der Waals surface area contributed by atoms with Crippen LogP contribution in [-0.2, 0) is 0 Å². The number of aromatic amines is 1. The second-order valence-corrected chi connectivity index (χ2v) is 3.00.